The van der Waals surface area contributed by atoms with E-state index in [1.54, 1.807) is 34.9 Å². The molecule has 2 heterocycles. The summed E-state index contributed by atoms with van der Waals surface area (Å²) < 4.78 is 35.6. The lowest BCUT2D eigenvalue weighted by atomic mass is 10.1. The standard InChI is InChI=1S/C22H25N3O5S2/c1-30-19-8-4-3-7-17(19)23-32(28,29)16-9-10-18-20(15-16)31-22(27)25(18)14-11-21(26)24-12-5-2-6-13-24/h3-4,7-10,15,23H,2,5-6,11-14H2,1H3. The van der Waals surface area contributed by atoms with Gasteiger partial charge in [-0.25, -0.2) is 8.42 Å². The van der Waals surface area contributed by atoms with Crippen LogP contribution in [0.15, 0.2) is 52.2 Å². The molecule has 0 aliphatic carbocycles. The Morgan fingerprint density at radius 1 is 1.12 bits per heavy atom. The van der Waals surface area contributed by atoms with Crippen LogP contribution < -0.4 is 14.3 Å². The zero-order valence-corrected chi connectivity index (χ0v) is 19.4. The van der Waals surface area contributed by atoms with Gasteiger partial charge in [-0.15, -0.1) is 0 Å². The molecule has 1 aromatic heterocycles. The van der Waals surface area contributed by atoms with Crippen LogP contribution in [0.1, 0.15) is 25.7 Å². The van der Waals surface area contributed by atoms with Gasteiger partial charge in [0.15, 0.2) is 0 Å². The topological polar surface area (TPSA) is 97.7 Å². The van der Waals surface area contributed by atoms with E-state index in [1.165, 1.54) is 19.2 Å². The van der Waals surface area contributed by atoms with Gasteiger partial charge in [-0.1, -0.05) is 23.5 Å². The molecule has 1 N–H and O–H groups in total. The lowest BCUT2D eigenvalue weighted by molar-refractivity contribution is -0.132. The van der Waals surface area contributed by atoms with Crippen molar-refractivity contribution in [2.75, 3.05) is 24.9 Å². The molecule has 1 saturated heterocycles. The number of hydrogen-bond donors (Lipinski definition) is 1. The summed E-state index contributed by atoms with van der Waals surface area (Å²) in [6, 6.07) is 11.3. The SMILES string of the molecule is COc1ccccc1NS(=O)(=O)c1ccc2c(c1)sc(=O)n2CCC(=O)N1CCCCC1. The molecule has 0 spiro atoms. The van der Waals surface area contributed by atoms with Crippen molar-refractivity contribution in [3.8, 4) is 5.75 Å². The number of para-hydroxylation sites is 2. The number of likely N-dealkylation sites (tertiary alicyclic amines) is 1. The Morgan fingerprint density at radius 3 is 2.62 bits per heavy atom. The number of aromatic nitrogens is 1. The molecule has 1 aliphatic rings. The molecule has 170 valence electrons. The lowest BCUT2D eigenvalue weighted by Gasteiger charge is -2.26. The summed E-state index contributed by atoms with van der Waals surface area (Å²) >= 11 is 0.976. The number of amides is 1. The highest BCUT2D eigenvalue weighted by Crippen LogP contribution is 2.28. The third-order valence-electron chi connectivity index (χ3n) is 5.56. The number of nitrogens with zero attached hydrogens (tertiary/aromatic N) is 2. The van der Waals surface area contributed by atoms with Gasteiger partial charge in [0.05, 0.1) is 27.9 Å². The third-order valence-corrected chi connectivity index (χ3v) is 7.86. The highest BCUT2D eigenvalue weighted by atomic mass is 32.2. The number of nitrogens with one attached hydrogen (secondary N) is 1. The molecular weight excluding hydrogens is 450 g/mol. The van der Waals surface area contributed by atoms with E-state index in [0.717, 1.165) is 43.7 Å². The number of anilines is 1. The lowest BCUT2D eigenvalue weighted by Crippen LogP contribution is -2.36. The van der Waals surface area contributed by atoms with E-state index in [2.05, 4.69) is 4.72 Å². The smallest absolute Gasteiger partial charge is 0.308 e. The van der Waals surface area contributed by atoms with Crippen molar-refractivity contribution in [3.05, 3.63) is 52.1 Å². The molecule has 0 saturated carbocycles. The maximum atomic E-state index is 12.9. The van der Waals surface area contributed by atoms with E-state index in [1.807, 2.05) is 4.90 Å². The molecule has 0 bridgehead atoms. The van der Waals surface area contributed by atoms with Gasteiger partial charge in [0.1, 0.15) is 5.75 Å². The number of aryl methyl sites for hydroxylation is 1. The second-order valence-corrected chi connectivity index (χ2v) is 10.3. The van der Waals surface area contributed by atoms with Gasteiger partial charge in [-0.2, -0.15) is 0 Å². The molecule has 1 fully saturated rings. The summed E-state index contributed by atoms with van der Waals surface area (Å²) in [6.45, 7) is 1.83. The van der Waals surface area contributed by atoms with Gasteiger partial charge in [0.25, 0.3) is 10.0 Å². The van der Waals surface area contributed by atoms with E-state index >= 15 is 0 Å². The van der Waals surface area contributed by atoms with E-state index < -0.39 is 10.0 Å². The summed E-state index contributed by atoms with van der Waals surface area (Å²) in [5, 5.41) is 0. The van der Waals surface area contributed by atoms with Gasteiger partial charge in [0.2, 0.25) is 5.91 Å². The molecule has 3 aromatic rings. The van der Waals surface area contributed by atoms with E-state index in [4.69, 9.17) is 4.74 Å². The highest BCUT2D eigenvalue weighted by Gasteiger charge is 2.20. The summed E-state index contributed by atoms with van der Waals surface area (Å²) in [7, 11) is -2.41. The first-order valence-electron chi connectivity index (χ1n) is 10.5. The van der Waals surface area contributed by atoms with Crippen molar-refractivity contribution in [1.29, 1.82) is 0 Å². The zero-order chi connectivity index (χ0) is 22.7. The number of rotatable bonds is 7. The molecule has 0 atom stereocenters. The minimum atomic E-state index is -3.88. The van der Waals surface area contributed by atoms with Crippen LogP contribution in [-0.4, -0.2) is 44.0 Å². The van der Waals surface area contributed by atoms with Gasteiger partial charge >= 0.3 is 4.87 Å². The second kappa shape index (κ2) is 9.33. The first-order valence-corrected chi connectivity index (χ1v) is 12.8. The predicted molar refractivity (Wildman–Crippen MR) is 125 cm³/mol. The van der Waals surface area contributed by atoms with Crippen LogP contribution in [0.3, 0.4) is 0 Å². The molecule has 4 rings (SSSR count). The van der Waals surface area contributed by atoms with Crippen molar-refractivity contribution in [1.82, 2.24) is 9.47 Å². The highest BCUT2D eigenvalue weighted by molar-refractivity contribution is 7.92. The van der Waals surface area contributed by atoms with Crippen LogP contribution in [0, 0.1) is 0 Å². The summed E-state index contributed by atoms with van der Waals surface area (Å²) in [5.41, 5.74) is 0.958. The van der Waals surface area contributed by atoms with Gasteiger partial charge < -0.3 is 9.64 Å². The normalized spacial score (nSPS) is 14.5. The average Bonchev–Trinajstić information content (AvgIpc) is 3.12. The maximum Gasteiger partial charge on any atom is 0.308 e. The number of fused-ring (bicyclic) bond motifs is 1. The Morgan fingerprint density at radius 2 is 1.88 bits per heavy atom. The van der Waals surface area contributed by atoms with Crippen molar-refractivity contribution in [2.24, 2.45) is 0 Å². The molecule has 32 heavy (non-hydrogen) atoms. The molecule has 2 aromatic carbocycles. The number of thiazole rings is 1. The number of ether oxygens (including phenoxy) is 1. The van der Waals surface area contributed by atoms with Crippen LogP contribution in [0.5, 0.6) is 5.75 Å². The number of hydrogen-bond acceptors (Lipinski definition) is 6. The monoisotopic (exact) mass is 475 g/mol. The number of carbonyl (C=O) groups excluding carboxylic acids is 1. The van der Waals surface area contributed by atoms with Crippen molar-refractivity contribution < 1.29 is 17.9 Å². The van der Waals surface area contributed by atoms with Gasteiger partial charge in [0, 0.05) is 26.1 Å². The summed E-state index contributed by atoms with van der Waals surface area (Å²) in [4.78, 5) is 26.7. The molecule has 0 radical (unpaired) electrons. The molecule has 1 aliphatic heterocycles. The number of sulfonamides is 1. The van der Waals surface area contributed by atoms with E-state index in [9.17, 15) is 18.0 Å². The summed E-state index contributed by atoms with van der Waals surface area (Å²) in [5.74, 6) is 0.461. The Bertz CT molecular complexity index is 1290. The zero-order valence-electron chi connectivity index (χ0n) is 17.7. The van der Waals surface area contributed by atoms with E-state index in [-0.39, 0.29) is 28.6 Å². The molecular formula is C22H25N3O5S2. The minimum Gasteiger partial charge on any atom is -0.495 e. The number of piperidine rings is 1. The largest absolute Gasteiger partial charge is 0.495 e. The molecule has 0 unspecified atom stereocenters. The van der Waals surface area contributed by atoms with E-state index in [0.29, 0.717) is 21.7 Å². The first kappa shape index (κ1) is 22.3. The predicted octanol–water partition coefficient (Wildman–Crippen LogP) is 3.28. The van der Waals surface area contributed by atoms with Crippen molar-refractivity contribution >= 4 is 43.2 Å². The number of methoxy groups -OCH3 is 1. The Kier molecular flexibility index (Phi) is 6.52. The molecule has 10 heteroatoms. The van der Waals surface area contributed by atoms with Gasteiger partial charge in [-0.3, -0.25) is 18.9 Å². The fourth-order valence-electron chi connectivity index (χ4n) is 3.87. The van der Waals surface area contributed by atoms with Crippen LogP contribution in [-0.2, 0) is 21.4 Å². The Hall–Kier alpha value is -2.85. The average molecular weight is 476 g/mol. The number of benzene rings is 2. The molecule has 8 nitrogen and oxygen atoms in total. The molecule has 1 amide bonds. The quantitative estimate of drug-likeness (QED) is 0.566. The third kappa shape index (κ3) is 4.66. The fourth-order valence-corrected chi connectivity index (χ4v) is 5.99. The van der Waals surface area contributed by atoms with Crippen LogP contribution in [0.2, 0.25) is 0 Å². The first-order chi connectivity index (χ1) is 15.4. The summed E-state index contributed by atoms with van der Waals surface area (Å²) in [6.07, 6.45) is 3.44. The van der Waals surface area contributed by atoms with Crippen LogP contribution in [0.25, 0.3) is 10.2 Å². The van der Waals surface area contributed by atoms with Crippen molar-refractivity contribution in [3.63, 3.8) is 0 Å². The Labute approximate surface area is 190 Å². The second-order valence-electron chi connectivity index (χ2n) is 7.65. The minimum absolute atomic E-state index is 0.0497. The maximum absolute atomic E-state index is 12.9. The number of carbonyl (C=O) groups is 1. The van der Waals surface area contributed by atoms with Crippen LogP contribution in [0.4, 0.5) is 5.69 Å². The fraction of sp³-hybridized carbons (Fsp3) is 0.364. The van der Waals surface area contributed by atoms with Crippen LogP contribution >= 0.6 is 11.3 Å². The van der Waals surface area contributed by atoms with Crippen molar-refractivity contribution in [2.45, 2.75) is 37.1 Å². The van der Waals surface area contributed by atoms with Gasteiger partial charge in [-0.05, 0) is 49.6 Å². The Balaban J connectivity index is 1.55.